The van der Waals surface area contributed by atoms with Crippen molar-refractivity contribution < 1.29 is 4.92 Å². The lowest BCUT2D eigenvalue weighted by Gasteiger charge is -2.16. The van der Waals surface area contributed by atoms with Gasteiger partial charge in [0.25, 0.3) is 5.69 Å². The highest BCUT2D eigenvalue weighted by molar-refractivity contribution is 14.0. The number of rotatable bonds is 4. The molecule has 1 aliphatic carbocycles. The van der Waals surface area contributed by atoms with Crippen LogP contribution in [0.2, 0.25) is 0 Å². The Labute approximate surface area is 140 Å². The van der Waals surface area contributed by atoms with Crippen LogP contribution >= 0.6 is 24.0 Å². The fourth-order valence-electron chi connectivity index (χ4n) is 2.04. The highest BCUT2D eigenvalue weighted by Gasteiger charge is 2.11. The second kappa shape index (κ2) is 8.60. The summed E-state index contributed by atoms with van der Waals surface area (Å²) < 4.78 is 0. The summed E-state index contributed by atoms with van der Waals surface area (Å²) in [7, 11) is 1.73. The predicted molar refractivity (Wildman–Crippen MR) is 94.0 cm³/mol. The van der Waals surface area contributed by atoms with Gasteiger partial charge in [0.1, 0.15) is 0 Å². The number of non-ortho nitro benzene ring substituents is 1. The maximum Gasteiger partial charge on any atom is 0.269 e. The lowest BCUT2D eigenvalue weighted by Crippen LogP contribution is -2.42. The lowest BCUT2D eigenvalue weighted by atomic mass is 10.2. The predicted octanol–water partition coefficient (Wildman–Crippen LogP) is 2.60. The molecule has 0 atom stereocenters. The number of benzene rings is 1. The standard InChI is InChI=1S/C14H18N4O2.HI/c1-15-14(17-12-4-2-3-5-12)16-10-11-6-8-13(9-7-11)18(19)20;/h2-3,6-9,12H,4-5,10H2,1H3,(H2,15,16,17);1H. The molecule has 0 bridgehead atoms. The van der Waals surface area contributed by atoms with Crippen LogP contribution in [0.15, 0.2) is 41.4 Å². The second-order valence-electron chi connectivity index (χ2n) is 4.63. The molecule has 0 aromatic heterocycles. The number of nitrogens with one attached hydrogen (secondary N) is 2. The molecule has 2 rings (SSSR count). The number of hydrogen-bond acceptors (Lipinski definition) is 3. The van der Waals surface area contributed by atoms with Crippen LogP contribution < -0.4 is 10.6 Å². The van der Waals surface area contributed by atoms with Gasteiger partial charge in [-0.1, -0.05) is 24.3 Å². The number of nitro benzene ring substituents is 1. The minimum Gasteiger partial charge on any atom is -0.353 e. The third kappa shape index (κ3) is 5.33. The number of nitrogens with zero attached hydrogens (tertiary/aromatic N) is 2. The van der Waals surface area contributed by atoms with Crippen LogP contribution in [0.25, 0.3) is 0 Å². The van der Waals surface area contributed by atoms with Gasteiger partial charge in [-0.15, -0.1) is 24.0 Å². The first kappa shape index (κ1) is 17.4. The molecule has 1 aliphatic rings. The average Bonchev–Trinajstić information content (AvgIpc) is 2.96. The van der Waals surface area contributed by atoms with Gasteiger partial charge in [0.2, 0.25) is 0 Å². The summed E-state index contributed by atoms with van der Waals surface area (Å²) in [5, 5.41) is 17.1. The molecule has 0 aliphatic heterocycles. The number of nitro groups is 1. The zero-order chi connectivity index (χ0) is 14.4. The molecule has 0 unspecified atom stereocenters. The van der Waals surface area contributed by atoms with E-state index in [0.29, 0.717) is 12.6 Å². The van der Waals surface area contributed by atoms with Gasteiger partial charge in [0.15, 0.2) is 5.96 Å². The molecule has 0 saturated carbocycles. The monoisotopic (exact) mass is 402 g/mol. The highest BCUT2D eigenvalue weighted by Crippen LogP contribution is 2.12. The van der Waals surface area contributed by atoms with Gasteiger partial charge in [0, 0.05) is 31.8 Å². The van der Waals surface area contributed by atoms with Crippen LogP contribution in [-0.2, 0) is 6.54 Å². The summed E-state index contributed by atoms with van der Waals surface area (Å²) in [6.45, 7) is 0.581. The zero-order valence-corrected chi connectivity index (χ0v) is 14.1. The highest BCUT2D eigenvalue weighted by atomic mass is 127. The van der Waals surface area contributed by atoms with Crippen LogP contribution in [0.5, 0.6) is 0 Å². The zero-order valence-electron chi connectivity index (χ0n) is 11.8. The van der Waals surface area contributed by atoms with Crippen LogP contribution in [0.1, 0.15) is 18.4 Å². The number of aliphatic imine (C=N–C) groups is 1. The van der Waals surface area contributed by atoms with Crippen LogP contribution in [0.4, 0.5) is 5.69 Å². The second-order valence-corrected chi connectivity index (χ2v) is 4.63. The van der Waals surface area contributed by atoms with E-state index in [4.69, 9.17) is 0 Å². The van der Waals surface area contributed by atoms with Crippen molar-refractivity contribution in [1.82, 2.24) is 10.6 Å². The summed E-state index contributed by atoms with van der Waals surface area (Å²) >= 11 is 0. The Morgan fingerprint density at radius 3 is 2.48 bits per heavy atom. The van der Waals surface area contributed by atoms with E-state index in [1.807, 2.05) is 0 Å². The maximum absolute atomic E-state index is 10.6. The first-order valence-electron chi connectivity index (χ1n) is 6.54. The largest absolute Gasteiger partial charge is 0.353 e. The Hall–Kier alpha value is -1.64. The number of guanidine groups is 1. The molecular weight excluding hydrogens is 383 g/mol. The van der Waals surface area contributed by atoms with E-state index in [2.05, 4.69) is 27.8 Å². The van der Waals surface area contributed by atoms with Crippen LogP contribution in [-0.4, -0.2) is 24.0 Å². The Morgan fingerprint density at radius 1 is 1.33 bits per heavy atom. The molecule has 6 nitrogen and oxygen atoms in total. The summed E-state index contributed by atoms with van der Waals surface area (Å²) in [6, 6.07) is 6.91. The first-order chi connectivity index (χ1) is 9.69. The number of hydrogen-bond donors (Lipinski definition) is 2. The van der Waals surface area contributed by atoms with Gasteiger partial charge in [-0.25, -0.2) is 0 Å². The molecule has 0 heterocycles. The van der Waals surface area contributed by atoms with Crippen molar-refractivity contribution in [1.29, 1.82) is 0 Å². The van der Waals surface area contributed by atoms with Crippen LogP contribution in [0.3, 0.4) is 0 Å². The maximum atomic E-state index is 10.6. The topological polar surface area (TPSA) is 79.6 Å². The van der Waals surface area contributed by atoms with Crippen molar-refractivity contribution in [3.05, 3.63) is 52.1 Å². The van der Waals surface area contributed by atoms with Crippen molar-refractivity contribution >= 4 is 35.6 Å². The minimum absolute atomic E-state index is 0. The average molecular weight is 402 g/mol. The number of halogens is 1. The Balaban J connectivity index is 0.00000220. The van der Waals surface area contributed by atoms with Crippen molar-refractivity contribution in [3.63, 3.8) is 0 Å². The van der Waals surface area contributed by atoms with Gasteiger partial charge in [-0.3, -0.25) is 15.1 Å². The van der Waals surface area contributed by atoms with Gasteiger partial charge < -0.3 is 10.6 Å². The fourth-order valence-corrected chi connectivity index (χ4v) is 2.04. The van der Waals surface area contributed by atoms with Crippen molar-refractivity contribution in [2.24, 2.45) is 4.99 Å². The van der Waals surface area contributed by atoms with Crippen LogP contribution in [0, 0.1) is 10.1 Å². The Kier molecular flexibility index (Phi) is 7.13. The normalized spacial score (nSPS) is 14.6. The third-order valence-corrected chi connectivity index (χ3v) is 3.18. The minimum atomic E-state index is -0.398. The van der Waals surface area contributed by atoms with E-state index < -0.39 is 4.92 Å². The Morgan fingerprint density at radius 2 is 1.95 bits per heavy atom. The lowest BCUT2D eigenvalue weighted by molar-refractivity contribution is -0.384. The molecule has 7 heteroatoms. The molecular formula is C14H19IN4O2. The van der Waals surface area contributed by atoms with E-state index in [0.717, 1.165) is 24.4 Å². The van der Waals surface area contributed by atoms with E-state index in [9.17, 15) is 10.1 Å². The molecule has 0 saturated heterocycles. The molecule has 0 fully saturated rings. The van der Waals surface area contributed by atoms with Gasteiger partial charge in [-0.2, -0.15) is 0 Å². The third-order valence-electron chi connectivity index (χ3n) is 3.18. The summed E-state index contributed by atoms with van der Waals surface area (Å²) in [5.41, 5.74) is 1.08. The molecule has 0 radical (unpaired) electrons. The summed E-state index contributed by atoms with van der Waals surface area (Å²) in [6.07, 6.45) is 6.33. The smallest absolute Gasteiger partial charge is 0.269 e. The van der Waals surface area contributed by atoms with E-state index in [-0.39, 0.29) is 29.7 Å². The first-order valence-corrected chi connectivity index (χ1v) is 6.54. The van der Waals surface area contributed by atoms with Gasteiger partial charge in [-0.05, 0) is 18.4 Å². The molecule has 114 valence electrons. The molecule has 0 spiro atoms. The quantitative estimate of drug-likeness (QED) is 0.203. The SMILES string of the molecule is CN=C(NCc1ccc([N+](=O)[O-])cc1)NC1CC=CC1.I. The molecule has 2 N–H and O–H groups in total. The molecule has 1 aromatic rings. The van der Waals surface area contributed by atoms with Gasteiger partial charge in [0.05, 0.1) is 4.92 Å². The molecule has 1 aromatic carbocycles. The Bertz CT molecular complexity index is 520. The van der Waals surface area contributed by atoms with Gasteiger partial charge >= 0.3 is 0 Å². The van der Waals surface area contributed by atoms with Crippen molar-refractivity contribution in [3.8, 4) is 0 Å². The van der Waals surface area contributed by atoms with E-state index in [1.54, 1.807) is 19.2 Å². The fraction of sp³-hybridized carbons (Fsp3) is 0.357. The van der Waals surface area contributed by atoms with E-state index >= 15 is 0 Å². The molecule has 0 amide bonds. The van der Waals surface area contributed by atoms with E-state index in [1.165, 1.54) is 12.1 Å². The summed E-state index contributed by atoms with van der Waals surface area (Å²) in [4.78, 5) is 14.3. The van der Waals surface area contributed by atoms with Crippen molar-refractivity contribution in [2.45, 2.75) is 25.4 Å². The molecule has 21 heavy (non-hydrogen) atoms. The summed E-state index contributed by atoms with van der Waals surface area (Å²) in [5.74, 6) is 0.747. The van der Waals surface area contributed by atoms with Crippen molar-refractivity contribution in [2.75, 3.05) is 7.05 Å².